The maximum Gasteiger partial charge on any atom is 0.238 e. The van der Waals surface area contributed by atoms with Crippen molar-refractivity contribution in [3.8, 4) is 0 Å². The Morgan fingerprint density at radius 1 is 1.29 bits per heavy atom. The summed E-state index contributed by atoms with van der Waals surface area (Å²) in [6.07, 6.45) is 0.234. The van der Waals surface area contributed by atoms with Crippen LogP contribution in [0.5, 0.6) is 0 Å². The number of nitrogens with two attached hydrogens (primary N) is 1. The van der Waals surface area contributed by atoms with Crippen molar-refractivity contribution in [1.29, 1.82) is 0 Å². The Bertz CT molecular complexity index is 404. The Morgan fingerprint density at radius 3 is 2.65 bits per heavy atom. The minimum Gasteiger partial charge on any atom is -0.370 e. The molecule has 0 aliphatic rings. The standard InChI is InChI=1S/C12H17N3O2/c1-9-4-2-3-5-10(9)15-12(17)8-14-7-6-11(13)16/h2-5,14H,6-8H2,1H3,(H2,13,16)(H,15,17). The molecule has 92 valence electrons. The van der Waals surface area contributed by atoms with Gasteiger partial charge in [-0.2, -0.15) is 0 Å². The van der Waals surface area contributed by atoms with Gasteiger partial charge in [-0.25, -0.2) is 0 Å². The predicted octanol–water partition coefficient (Wildman–Crippen LogP) is 0.399. The Balaban J connectivity index is 2.30. The van der Waals surface area contributed by atoms with Gasteiger partial charge in [0.2, 0.25) is 11.8 Å². The topological polar surface area (TPSA) is 84.2 Å². The molecule has 0 aliphatic carbocycles. The molecular weight excluding hydrogens is 218 g/mol. The molecule has 0 atom stereocenters. The fourth-order valence-corrected chi connectivity index (χ4v) is 1.32. The van der Waals surface area contributed by atoms with Crippen LogP contribution in [0.1, 0.15) is 12.0 Å². The molecule has 0 aliphatic heterocycles. The van der Waals surface area contributed by atoms with Crippen LogP contribution in [-0.4, -0.2) is 24.9 Å². The second kappa shape index (κ2) is 6.65. The van der Waals surface area contributed by atoms with Crippen LogP contribution in [0.4, 0.5) is 5.69 Å². The third kappa shape index (κ3) is 5.12. The van der Waals surface area contributed by atoms with E-state index in [0.717, 1.165) is 11.3 Å². The minimum atomic E-state index is -0.378. The number of aryl methyl sites for hydroxylation is 1. The molecule has 0 unspecified atom stereocenters. The summed E-state index contributed by atoms with van der Waals surface area (Å²) in [5, 5.41) is 5.62. The van der Waals surface area contributed by atoms with E-state index in [0.29, 0.717) is 6.54 Å². The van der Waals surface area contributed by atoms with Gasteiger partial charge in [-0.1, -0.05) is 18.2 Å². The molecule has 4 N–H and O–H groups in total. The quantitative estimate of drug-likeness (QED) is 0.624. The van der Waals surface area contributed by atoms with Gasteiger partial charge in [-0.05, 0) is 18.6 Å². The number of carbonyl (C=O) groups is 2. The molecule has 2 amide bonds. The van der Waals surface area contributed by atoms with Crippen LogP contribution in [0.3, 0.4) is 0 Å². The molecule has 0 spiro atoms. The highest BCUT2D eigenvalue weighted by Gasteiger charge is 2.03. The van der Waals surface area contributed by atoms with Gasteiger partial charge in [0.15, 0.2) is 0 Å². The lowest BCUT2D eigenvalue weighted by Crippen LogP contribution is -2.30. The van der Waals surface area contributed by atoms with E-state index in [1.54, 1.807) is 0 Å². The maximum absolute atomic E-state index is 11.5. The molecule has 1 aromatic rings. The van der Waals surface area contributed by atoms with Crippen LogP contribution in [-0.2, 0) is 9.59 Å². The van der Waals surface area contributed by atoms with Crippen LogP contribution in [0.25, 0.3) is 0 Å². The van der Waals surface area contributed by atoms with Gasteiger partial charge in [0.1, 0.15) is 0 Å². The number of nitrogens with one attached hydrogen (secondary N) is 2. The van der Waals surface area contributed by atoms with Crippen LogP contribution < -0.4 is 16.4 Å². The number of amides is 2. The highest BCUT2D eigenvalue weighted by molar-refractivity contribution is 5.92. The molecule has 0 saturated carbocycles. The average Bonchev–Trinajstić information content (AvgIpc) is 2.27. The van der Waals surface area contributed by atoms with Gasteiger partial charge in [-0.3, -0.25) is 9.59 Å². The molecule has 0 fully saturated rings. The monoisotopic (exact) mass is 235 g/mol. The fraction of sp³-hybridized carbons (Fsp3) is 0.333. The van der Waals surface area contributed by atoms with E-state index in [2.05, 4.69) is 10.6 Å². The van der Waals surface area contributed by atoms with Crippen LogP contribution >= 0.6 is 0 Å². The molecule has 1 rings (SSSR count). The first-order valence-corrected chi connectivity index (χ1v) is 5.44. The van der Waals surface area contributed by atoms with Gasteiger partial charge < -0.3 is 16.4 Å². The van der Waals surface area contributed by atoms with E-state index in [1.165, 1.54) is 0 Å². The zero-order valence-corrected chi connectivity index (χ0v) is 9.82. The number of primary amides is 1. The van der Waals surface area contributed by atoms with E-state index < -0.39 is 0 Å². The largest absolute Gasteiger partial charge is 0.370 e. The van der Waals surface area contributed by atoms with E-state index in [-0.39, 0.29) is 24.8 Å². The first kappa shape index (κ1) is 13.2. The second-order valence-corrected chi connectivity index (χ2v) is 3.76. The Kier molecular flexibility index (Phi) is 5.16. The molecule has 5 heteroatoms. The summed E-state index contributed by atoms with van der Waals surface area (Å²) in [4.78, 5) is 22.0. The van der Waals surface area contributed by atoms with Crippen LogP contribution in [0.2, 0.25) is 0 Å². The van der Waals surface area contributed by atoms with Crippen molar-refractivity contribution < 1.29 is 9.59 Å². The Morgan fingerprint density at radius 2 is 2.00 bits per heavy atom. The molecule has 0 saturated heterocycles. The number of hydrogen-bond donors (Lipinski definition) is 3. The molecule has 0 heterocycles. The third-order valence-corrected chi connectivity index (χ3v) is 2.25. The van der Waals surface area contributed by atoms with Crippen molar-refractivity contribution >= 4 is 17.5 Å². The molecule has 0 aromatic heterocycles. The number of para-hydroxylation sites is 1. The summed E-state index contributed by atoms with van der Waals surface area (Å²) >= 11 is 0. The van der Waals surface area contributed by atoms with Crippen LogP contribution in [0.15, 0.2) is 24.3 Å². The van der Waals surface area contributed by atoms with Crippen molar-refractivity contribution in [2.45, 2.75) is 13.3 Å². The number of rotatable bonds is 6. The van der Waals surface area contributed by atoms with E-state index in [9.17, 15) is 9.59 Å². The highest BCUT2D eigenvalue weighted by atomic mass is 16.2. The van der Waals surface area contributed by atoms with Gasteiger partial charge in [0, 0.05) is 18.7 Å². The smallest absolute Gasteiger partial charge is 0.238 e. The van der Waals surface area contributed by atoms with Crippen molar-refractivity contribution in [3.63, 3.8) is 0 Å². The number of carbonyl (C=O) groups excluding carboxylic acids is 2. The average molecular weight is 235 g/mol. The molecule has 1 aromatic carbocycles. The van der Waals surface area contributed by atoms with Gasteiger partial charge >= 0.3 is 0 Å². The number of anilines is 1. The summed E-state index contributed by atoms with van der Waals surface area (Å²) in [6.45, 7) is 2.51. The summed E-state index contributed by atoms with van der Waals surface area (Å²) in [7, 11) is 0. The lowest BCUT2D eigenvalue weighted by molar-refractivity contribution is -0.118. The first-order valence-electron chi connectivity index (χ1n) is 5.44. The van der Waals surface area contributed by atoms with Gasteiger partial charge in [0.05, 0.1) is 6.54 Å². The minimum absolute atomic E-state index is 0.135. The summed E-state index contributed by atoms with van der Waals surface area (Å²) in [5.74, 6) is -0.513. The number of benzene rings is 1. The predicted molar refractivity (Wildman–Crippen MR) is 66.5 cm³/mol. The SMILES string of the molecule is Cc1ccccc1NC(=O)CNCCC(N)=O. The zero-order valence-electron chi connectivity index (χ0n) is 9.82. The van der Waals surface area contributed by atoms with Crippen molar-refractivity contribution in [1.82, 2.24) is 5.32 Å². The van der Waals surface area contributed by atoms with Gasteiger partial charge in [-0.15, -0.1) is 0 Å². The normalized spacial score (nSPS) is 9.94. The first-order chi connectivity index (χ1) is 8.09. The van der Waals surface area contributed by atoms with Crippen molar-refractivity contribution in [2.24, 2.45) is 5.73 Å². The van der Waals surface area contributed by atoms with Crippen molar-refractivity contribution in [3.05, 3.63) is 29.8 Å². The maximum atomic E-state index is 11.5. The lowest BCUT2D eigenvalue weighted by Gasteiger charge is -2.08. The molecule has 0 radical (unpaired) electrons. The molecule has 17 heavy (non-hydrogen) atoms. The summed E-state index contributed by atoms with van der Waals surface area (Å²) in [6, 6.07) is 7.55. The summed E-state index contributed by atoms with van der Waals surface area (Å²) in [5.41, 5.74) is 6.79. The number of hydrogen-bond acceptors (Lipinski definition) is 3. The lowest BCUT2D eigenvalue weighted by atomic mass is 10.2. The van der Waals surface area contributed by atoms with E-state index in [4.69, 9.17) is 5.73 Å². The molecular formula is C12H17N3O2. The zero-order chi connectivity index (χ0) is 12.7. The second-order valence-electron chi connectivity index (χ2n) is 3.76. The molecule has 5 nitrogen and oxygen atoms in total. The van der Waals surface area contributed by atoms with E-state index in [1.807, 2.05) is 31.2 Å². The third-order valence-electron chi connectivity index (χ3n) is 2.25. The van der Waals surface area contributed by atoms with Crippen LogP contribution in [0, 0.1) is 6.92 Å². The highest BCUT2D eigenvalue weighted by Crippen LogP contribution is 2.12. The van der Waals surface area contributed by atoms with Crippen molar-refractivity contribution in [2.75, 3.05) is 18.4 Å². The van der Waals surface area contributed by atoms with E-state index >= 15 is 0 Å². The Labute approximate surface area is 100 Å². The molecule has 0 bridgehead atoms. The summed E-state index contributed by atoms with van der Waals surface area (Å²) < 4.78 is 0. The van der Waals surface area contributed by atoms with Gasteiger partial charge in [0.25, 0.3) is 0 Å². The Hall–Kier alpha value is -1.88. The fourth-order valence-electron chi connectivity index (χ4n) is 1.32.